The van der Waals surface area contributed by atoms with Crippen molar-refractivity contribution in [2.75, 3.05) is 11.9 Å². The molecular weight excluding hydrogens is 328 g/mol. The van der Waals surface area contributed by atoms with Gasteiger partial charge in [-0.3, -0.25) is 4.79 Å². The largest absolute Gasteiger partial charge is 0.394 e. The van der Waals surface area contributed by atoms with Crippen molar-refractivity contribution in [3.63, 3.8) is 0 Å². The molecule has 0 saturated heterocycles. The predicted octanol–water partition coefficient (Wildman–Crippen LogP) is 2.71. The van der Waals surface area contributed by atoms with Crippen molar-refractivity contribution in [3.8, 4) is 11.3 Å². The van der Waals surface area contributed by atoms with Gasteiger partial charge >= 0.3 is 0 Å². The van der Waals surface area contributed by atoms with E-state index < -0.39 is 0 Å². The van der Waals surface area contributed by atoms with Crippen molar-refractivity contribution in [1.29, 1.82) is 0 Å². The SMILES string of the molecule is O=C(Cc1ccc[nH]1)Nc1cc(-c2cccc(Cl)c2)nn1CCO. The van der Waals surface area contributed by atoms with E-state index in [2.05, 4.69) is 15.4 Å². The quantitative estimate of drug-likeness (QED) is 0.643. The Morgan fingerprint density at radius 1 is 1.29 bits per heavy atom. The van der Waals surface area contributed by atoms with Gasteiger partial charge < -0.3 is 15.4 Å². The highest BCUT2D eigenvalue weighted by Crippen LogP contribution is 2.24. The smallest absolute Gasteiger partial charge is 0.231 e. The Morgan fingerprint density at radius 3 is 2.88 bits per heavy atom. The Hall–Kier alpha value is -2.57. The van der Waals surface area contributed by atoms with Crippen LogP contribution in [0.2, 0.25) is 5.02 Å². The number of aliphatic hydroxyl groups excluding tert-OH is 1. The minimum atomic E-state index is -0.158. The van der Waals surface area contributed by atoms with Crippen molar-refractivity contribution < 1.29 is 9.90 Å². The maximum atomic E-state index is 12.2. The van der Waals surface area contributed by atoms with Crippen molar-refractivity contribution in [2.45, 2.75) is 13.0 Å². The number of anilines is 1. The summed E-state index contributed by atoms with van der Waals surface area (Å²) in [6, 6.07) is 12.8. The number of aromatic nitrogens is 3. The molecule has 3 N–H and O–H groups in total. The lowest BCUT2D eigenvalue weighted by atomic mass is 10.1. The lowest BCUT2D eigenvalue weighted by molar-refractivity contribution is -0.115. The maximum Gasteiger partial charge on any atom is 0.231 e. The lowest BCUT2D eigenvalue weighted by Crippen LogP contribution is -2.18. The summed E-state index contributed by atoms with van der Waals surface area (Å²) >= 11 is 6.02. The van der Waals surface area contributed by atoms with Crippen molar-refractivity contribution in [2.24, 2.45) is 0 Å². The molecule has 7 heteroatoms. The van der Waals surface area contributed by atoms with E-state index in [9.17, 15) is 9.90 Å². The molecule has 2 aromatic heterocycles. The third-order valence-corrected chi connectivity index (χ3v) is 3.73. The first kappa shape index (κ1) is 16.3. The fourth-order valence-corrected chi connectivity index (χ4v) is 2.60. The van der Waals surface area contributed by atoms with E-state index in [1.807, 2.05) is 24.3 Å². The van der Waals surface area contributed by atoms with Crippen LogP contribution in [0.1, 0.15) is 5.69 Å². The van der Waals surface area contributed by atoms with Gasteiger partial charge in [0, 0.05) is 28.5 Å². The highest BCUT2D eigenvalue weighted by Gasteiger charge is 2.13. The number of aliphatic hydroxyl groups is 1. The monoisotopic (exact) mass is 344 g/mol. The molecule has 0 aliphatic heterocycles. The van der Waals surface area contributed by atoms with Crippen LogP contribution in [0, 0.1) is 0 Å². The first-order valence-electron chi connectivity index (χ1n) is 7.52. The van der Waals surface area contributed by atoms with E-state index in [1.165, 1.54) is 0 Å². The van der Waals surface area contributed by atoms with E-state index in [0.29, 0.717) is 23.1 Å². The number of nitrogens with one attached hydrogen (secondary N) is 2. The number of nitrogens with zero attached hydrogens (tertiary/aromatic N) is 2. The zero-order valence-corrected chi connectivity index (χ0v) is 13.6. The molecule has 0 bridgehead atoms. The number of aromatic amines is 1. The van der Waals surface area contributed by atoms with E-state index in [4.69, 9.17) is 11.6 Å². The van der Waals surface area contributed by atoms with Crippen LogP contribution < -0.4 is 5.32 Å². The number of amides is 1. The summed E-state index contributed by atoms with van der Waals surface area (Å²) in [7, 11) is 0. The van der Waals surface area contributed by atoms with Crippen LogP contribution in [-0.4, -0.2) is 32.4 Å². The van der Waals surface area contributed by atoms with Gasteiger partial charge in [0.15, 0.2) is 0 Å². The van der Waals surface area contributed by atoms with Gasteiger partial charge in [-0.05, 0) is 24.3 Å². The Kier molecular flexibility index (Phi) is 4.98. The van der Waals surface area contributed by atoms with Crippen molar-refractivity contribution >= 4 is 23.3 Å². The Bertz CT molecular complexity index is 827. The Morgan fingerprint density at radius 2 is 2.17 bits per heavy atom. The van der Waals surface area contributed by atoms with Gasteiger partial charge in [0.2, 0.25) is 5.91 Å². The molecule has 0 unspecified atom stereocenters. The average Bonchev–Trinajstić information content (AvgIpc) is 3.18. The van der Waals surface area contributed by atoms with E-state index >= 15 is 0 Å². The molecule has 124 valence electrons. The Labute approximate surface area is 144 Å². The second-order valence-electron chi connectivity index (χ2n) is 5.29. The molecule has 3 rings (SSSR count). The summed E-state index contributed by atoms with van der Waals surface area (Å²) in [5.74, 6) is 0.379. The zero-order chi connectivity index (χ0) is 16.9. The summed E-state index contributed by atoms with van der Waals surface area (Å²) in [6.45, 7) is 0.217. The van der Waals surface area contributed by atoms with Crippen molar-refractivity contribution in [1.82, 2.24) is 14.8 Å². The predicted molar refractivity (Wildman–Crippen MR) is 92.9 cm³/mol. The van der Waals surface area contributed by atoms with Crippen LogP contribution >= 0.6 is 11.6 Å². The van der Waals surface area contributed by atoms with E-state index in [-0.39, 0.29) is 18.9 Å². The normalized spacial score (nSPS) is 10.8. The van der Waals surface area contributed by atoms with E-state index in [0.717, 1.165) is 11.3 Å². The van der Waals surface area contributed by atoms with Gasteiger partial charge in [-0.15, -0.1) is 0 Å². The number of carbonyl (C=O) groups excluding carboxylic acids is 1. The van der Waals surface area contributed by atoms with Crippen LogP contribution in [0.4, 0.5) is 5.82 Å². The summed E-state index contributed by atoms with van der Waals surface area (Å²) in [4.78, 5) is 15.2. The topological polar surface area (TPSA) is 82.9 Å². The molecular formula is C17H17ClN4O2. The average molecular weight is 345 g/mol. The van der Waals surface area contributed by atoms with Crippen LogP contribution in [0.5, 0.6) is 0 Å². The number of benzene rings is 1. The number of H-pyrrole nitrogens is 1. The summed E-state index contributed by atoms with van der Waals surface area (Å²) in [5, 5.41) is 17.1. The Balaban J connectivity index is 1.82. The molecule has 2 heterocycles. The minimum absolute atomic E-state index is 0.0732. The fraction of sp³-hybridized carbons (Fsp3) is 0.176. The number of carbonyl (C=O) groups is 1. The van der Waals surface area contributed by atoms with Gasteiger partial charge in [0.05, 0.1) is 25.3 Å². The van der Waals surface area contributed by atoms with Gasteiger partial charge in [-0.25, -0.2) is 4.68 Å². The third kappa shape index (κ3) is 3.84. The fourth-order valence-electron chi connectivity index (χ4n) is 2.41. The van der Waals surface area contributed by atoms with Gasteiger partial charge in [0.1, 0.15) is 5.82 Å². The second-order valence-corrected chi connectivity index (χ2v) is 5.73. The minimum Gasteiger partial charge on any atom is -0.394 e. The third-order valence-electron chi connectivity index (χ3n) is 3.49. The molecule has 0 saturated carbocycles. The van der Waals surface area contributed by atoms with Crippen molar-refractivity contribution in [3.05, 3.63) is 59.4 Å². The van der Waals surface area contributed by atoms with E-state index in [1.54, 1.807) is 29.1 Å². The zero-order valence-electron chi connectivity index (χ0n) is 12.9. The molecule has 1 aromatic carbocycles. The van der Waals surface area contributed by atoms with Crippen LogP contribution in [-0.2, 0) is 17.8 Å². The van der Waals surface area contributed by atoms with Crippen LogP contribution in [0.3, 0.4) is 0 Å². The molecule has 0 aliphatic rings. The number of hydrogen-bond acceptors (Lipinski definition) is 3. The standard InChI is InChI=1S/C17H17ClN4O2/c18-13-4-1-3-12(9-13)15-11-16(22(21-15)7-8-23)20-17(24)10-14-5-2-6-19-14/h1-6,9,11,19,23H,7-8,10H2,(H,20,24). The first-order chi connectivity index (χ1) is 11.7. The molecule has 0 atom stereocenters. The van der Waals surface area contributed by atoms with Gasteiger partial charge in [-0.1, -0.05) is 23.7 Å². The van der Waals surface area contributed by atoms with Crippen LogP contribution in [0.25, 0.3) is 11.3 Å². The highest BCUT2D eigenvalue weighted by atomic mass is 35.5. The van der Waals surface area contributed by atoms with Crippen LogP contribution in [0.15, 0.2) is 48.7 Å². The van der Waals surface area contributed by atoms with Gasteiger partial charge in [0.25, 0.3) is 0 Å². The maximum absolute atomic E-state index is 12.2. The molecule has 0 radical (unpaired) electrons. The van der Waals surface area contributed by atoms with Gasteiger partial charge in [-0.2, -0.15) is 5.10 Å². The molecule has 0 fully saturated rings. The number of halogens is 1. The second kappa shape index (κ2) is 7.33. The first-order valence-corrected chi connectivity index (χ1v) is 7.90. The lowest BCUT2D eigenvalue weighted by Gasteiger charge is -2.07. The molecule has 3 aromatic rings. The number of rotatable bonds is 6. The highest BCUT2D eigenvalue weighted by molar-refractivity contribution is 6.30. The molecule has 1 amide bonds. The molecule has 24 heavy (non-hydrogen) atoms. The molecule has 0 spiro atoms. The summed E-state index contributed by atoms with van der Waals surface area (Å²) in [6.07, 6.45) is 2.01. The number of hydrogen-bond donors (Lipinski definition) is 3. The molecule has 6 nitrogen and oxygen atoms in total. The summed E-state index contributed by atoms with van der Waals surface area (Å²) in [5.41, 5.74) is 2.36. The summed E-state index contributed by atoms with van der Waals surface area (Å²) < 4.78 is 1.57. The molecule has 0 aliphatic carbocycles.